The molecule has 1 heterocycles. The Kier molecular flexibility index (Phi) is 16.1. The van der Waals surface area contributed by atoms with E-state index in [4.69, 9.17) is 39.9 Å². The molecule has 1 aliphatic rings. The number of nitrogens with one attached hydrogen (secondary N) is 1. The van der Waals surface area contributed by atoms with Gasteiger partial charge in [-0.3, -0.25) is 0 Å². The van der Waals surface area contributed by atoms with Crippen LogP contribution in [0.1, 0.15) is 62.8 Å². The Morgan fingerprint density at radius 2 is 1.47 bits per heavy atom. The molecule has 0 amide bonds. The third-order valence-electron chi connectivity index (χ3n) is 4.98. The van der Waals surface area contributed by atoms with Crippen molar-refractivity contribution in [2.24, 2.45) is 4.99 Å². The van der Waals surface area contributed by atoms with Crippen LogP contribution in [0.3, 0.4) is 0 Å². The van der Waals surface area contributed by atoms with Crippen LogP contribution in [0.15, 0.2) is 47.5 Å². The zero-order valence-corrected chi connectivity index (χ0v) is 25.8. The fourth-order valence-corrected chi connectivity index (χ4v) is 5.91. The average Bonchev–Trinajstić information content (AvgIpc) is 3.30. The van der Waals surface area contributed by atoms with Gasteiger partial charge in [-0.1, -0.05) is 42.3 Å². The molecule has 2 aromatic rings. The first kappa shape index (κ1) is 31.7. The van der Waals surface area contributed by atoms with Gasteiger partial charge in [-0.25, -0.2) is 16.7 Å². The van der Waals surface area contributed by atoms with Crippen molar-refractivity contribution in [2.45, 2.75) is 72.6 Å². The molecule has 3 nitrogen and oxygen atoms in total. The van der Waals surface area contributed by atoms with Crippen LogP contribution >= 0.6 is 38.2 Å². The van der Waals surface area contributed by atoms with Crippen molar-refractivity contribution in [2.75, 3.05) is 6.61 Å². The van der Waals surface area contributed by atoms with E-state index in [-0.39, 0.29) is 0 Å². The monoisotopic (exact) mass is 583 g/mol. The van der Waals surface area contributed by atoms with Crippen LogP contribution in [0.2, 0.25) is 0 Å². The number of benzene rings is 2. The van der Waals surface area contributed by atoms with E-state index < -0.39 is 19.5 Å². The summed E-state index contributed by atoms with van der Waals surface area (Å²) in [7, 11) is 14.0. The third kappa shape index (κ3) is 13.7. The fourth-order valence-electron chi connectivity index (χ4n) is 3.53. The van der Waals surface area contributed by atoms with Gasteiger partial charge in [-0.15, -0.1) is 0 Å². The number of hydrogen-bond donors (Lipinski definition) is 1. The Balaban J connectivity index is 0.000000537. The summed E-state index contributed by atoms with van der Waals surface area (Å²) in [6.07, 6.45) is 2.38. The van der Waals surface area contributed by atoms with Crippen LogP contribution in [-0.4, -0.2) is 23.8 Å². The molecule has 0 saturated carbocycles. The van der Waals surface area contributed by atoms with Gasteiger partial charge in [-0.2, -0.15) is 6.42 Å². The molecular formula is C26H39Cl3CrN2OP+. The summed E-state index contributed by atoms with van der Waals surface area (Å²) in [5.74, 6) is 1.00. The van der Waals surface area contributed by atoms with Crippen molar-refractivity contribution in [3.63, 3.8) is 0 Å². The first-order chi connectivity index (χ1) is 16.0. The molecule has 1 aliphatic heterocycles. The van der Waals surface area contributed by atoms with Crippen molar-refractivity contribution in [1.82, 2.24) is 5.09 Å². The number of nitrogens with zero attached hydrogens (tertiary/aromatic N) is 1. The summed E-state index contributed by atoms with van der Waals surface area (Å²) < 4.78 is 4.82. The quantitative estimate of drug-likeness (QED) is 0.164. The van der Waals surface area contributed by atoms with Crippen molar-refractivity contribution in [3.05, 3.63) is 71.3 Å². The number of hydrogen-bond acceptors (Lipinski definition) is 2. The summed E-state index contributed by atoms with van der Waals surface area (Å²) in [4.78, 5) is 5.02. The van der Waals surface area contributed by atoms with Gasteiger partial charge in [0.1, 0.15) is 0 Å². The standard InChI is InChI=1S/C22H31N2P.C4H7O.3ClH.Cr/c1-15(2)25(16(3)4)24-22(20-10-8-17(5)9-11-20)23-21-13-18(6)12-19(7)14-21;1-2-4-5-3-1;;;;/h8-16H,1-7H3,(H,23,24);3H,1-2,4H2;3*1H;/q;-1;;;;+4/p-2. The molecule has 0 aliphatic carbocycles. The second-order valence-corrected chi connectivity index (χ2v) is 18.7. The van der Waals surface area contributed by atoms with Gasteiger partial charge < -0.3 is 4.74 Å². The van der Waals surface area contributed by atoms with Crippen LogP contribution < -0.4 is 5.09 Å². The molecular weight excluding hydrogens is 546 g/mol. The topological polar surface area (TPSA) is 33.6 Å². The molecule has 1 N–H and O–H groups in total. The number of rotatable bonds is 5. The van der Waals surface area contributed by atoms with Gasteiger partial charge in [0.25, 0.3) is 0 Å². The summed E-state index contributed by atoms with van der Waals surface area (Å²) >= 11 is -1.62. The maximum atomic E-state index is 5.02. The third-order valence-corrected chi connectivity index (χ3v) is 7.99. The van der Waals surface area contributed by atoms with Crippen molar-refractivity contribution in [1.29, 1.82) is 0 Å². The van der Waals surface area contributed by atoms with E-state index in [1.807, 2.05) is 6.61 Å². The molecule has 1 fully saturated rings. The van der Waals surface area contributed by atoms with E-state index in [0.29, 0.717) is 11.3 Å². The predicted molar refractivity (Wildman–Crippen MR) is 152 cm³/mol. The van der Waals surface area contributed by atoms with Gasteiger partial charge in [0.2, 0.25) is 0 Å². The minimum atomic E-state index is -1.62. The Bertz CT molecular complexity index is 834. The van der Waals surface area contributed by atoms with Crippen LogP contribution in [0.25, 0.3) is 0 Å². The zero-order valence-electron chi connectivity index (χ0n) is 21.3. The molecule has 0 radical (unpaired) electrons. The molecule has 1 saturated heterocycles. The first-order valence-electron chi connectivity index (χ1n) is 11.5. The van der Waals surface area contributed by atoms with E-state index in [0.717, 1.165) is 30.1 Å². The first-order valence-corrected chi connectivity index (χ1v) is 18.5. The van der Waals surface area contributed by atoms with E-state index in [2.05, 4.69) is 96.0 Å². The van der Waals surface area contributed by atoms with Gasteiger partial charge in [0, 0.05) is 12.2 Å². The number of ether oxygens (including phenoxy) is 1. The Hall–Kier alpha value is -0.298. The molecule has 0 unspecified atom stereocenters. The molecule has 0 atom stereocenters. The summed E-state index contributed by atoms with van der Waals surface area (Å²) in [5, 5.41) is 3.83. The average molecular weight is 585 g/mol. The van der Waals surface area contributed by atoms with Gasteiger partial charge in [-0.05, 0) is 71.7 Å². The molecule has 3 rings (SSSR count). The van der Waals surface area contributed by atoms with Crippen LogP contribution in [0.4, 0.5) is 5.69 Å². The molecule has 34 heavy (non-hydrogen) atoms. The predicted octanol–water partition coefficient (Wildman–Crippen LogP) is 9.25. The van der Waals surface area contributed by atoms with Crippen molar-refractivity contribution >= 4 is 49.7 Å². The molecule has 190 valence electrons. The fraction of sp³-hybridized carbons (Fsp3) is 0.462. The van der Waals surface area contributed by atoms with Gasteiger partial charge in [0.05, 0.1) is 25.1 Å². The Morgan fingerprint density at radius 3 is 1.85 bits per heavy atom. The molecule has 0 aromatic heterocycles. The van der Waals surface area contributed by atoms with E-state index >= 15 is 0 Å². The molecule has 2 aromatic carbocycles. The molecule has 0 spiro atoms. The number of aryl methyl sites for hydroxylation is 3. The Morgan fingerprint density at radius 1 is 0.941 bits per heavy atom. The summed E-state index contributed by atoms with van der Waals surface area (Å²) in [5.41, 5.74) is 7.23. The maximum absolute atomic E-state index is 5.02. The second kappa shape index (κ2) is 17.2. The van der Waals surface area contributed by atoms with E-state index in [1.165, 1.54) is 23.1 Å². The number of aliphatic imine (C=N–C) groups is 1. The Labute approximate surface area is 225 Å². The van der Waals surface area contributed by atoms with Crippen LogP contribution in [-0.2, 0) is 16.1 Å². The zero-order chi connectivity index (χ0) is 25.7. The minimum absolute atomic E-state index is 0.639. The van der Waals surface area contributed by atoms with Crippen molar-refractivity contribution < 1.29 is 16.1 Å². The van der Waals surface area contributed by atoms with Crippen LogP contribution in [0, 0.1) is 27.4 Å². The SMILES string of the molecule is Cc1ccc(C(=Nc2cc(C)cc(C)c2)N[PH+](C(C)C)C(C)C)cc1.[CH-]1CCCO1.[Cl][Cr+]([Cl])[Cl]. The summed E-state index contributed by atoms with van der Waals surface area (Å²) in [6, 6.07) is 15.2. The van der Waals surface area contributed by atoms with Gasteiger partial charge >= 0.3 is 41.5 Å². The van der Waals surface area contributed by atoms with E-state index in [1.54, 1.807) is 0 Å². The van der Waals surface area contributed by atoms with Gasteiger partial charge in [0.15, 0.2) is 5.84 Å². The second-order valence-electron chi connectivity index (χ2n) is 8.92. The number of halogens is 3. The van der Waals surface area contributed by atoms with Crippen LogP contribution in [0.5, 0.6) is 0 Å². The summed E-state index contributed by atoms with van der Waals surface area (Å²) in [6.45, 7) is 18.4. The molecule has 8 heteroatoms. The number of amidine groups is 1. The molecule has 0 bridgehead atoms. The van der Waals surface area contributed by atoms with Crippen molar-refractivity contribution in [3.8, 4) is 0 Å². The normalized spacial score (nSPS) is 13.6. The van der Waals surface area contributed by atoms with E-state index in [9.17, 15) is 0 Å².